The van der Waals surface area contributed by atoms with Crippen LogP contribution in [0.25, 0.3) is 0 Å². The van der Waals surface area contributed by atoms with E-state index in [1.807, 2.05) is 12.1 Å². The second-order valence-electron chi connectivity index (χ2n) is 6.94. The summed E-state index contributed by atoms with van der Waals surface area (Å²) < 4.78 is 17.1. The Labute approximate surface area is 148 Å². The van der Waals surface area contributed by atoms with E-state index in [-0.39, 0.29) is 18.1 Å². The monoisotopic (exact) mass is 346 g/mol. The van der Waals surface area contributed by atoms with Crippen LogP contribution in [0.2, 0.25) is 0 Å². The van der Waals surface area contributed by atoms with E-state index in [9.17, 15) is 4.79 Å². The maximum absolute atomic E-state index is 12.4. The molecule has 4 rings (SSSR count). The molecule has 1 aromatic carbocycles. The van der Waals surface area contributed by atoms with Gasteiger partial charge in [-0.25, -0.2) is 0 Å². The predicted octanol–water partition coefficient (Wildman–Crippen LogP) is 1.89. The zero-order chi connectivity index (χ0) is 17.1. The van der Waals surface area contributed by atoms with Crippen molar-refractivity contribution in [3.63, 3.8) is 0 Å². The average Bonchev–Trinajstić information content (AvgIpc) is 3.31. The molecule has 0 aromatic heterocycles. The molecule has 1 aromatic rings. The topological polar surface area (TPSA) is 60.0 Å². The lowest BCUT2D eigenvalue weighted by Gasteiger charge is -2.28. The van der Waals surface area contributed by atoms with Crippen molar-refractivity contribution < 1.29 is 19.0 Å². The van der Waals surface area contributed by atoms with Crippen LogP contribution in [0.1, 0.15) is 37.3 Å². The van der Waals surface area contributed by atoms with Crippen LogP contribution in [0, 0.1) is 0 Å². The van der Waals surface area contributed by atoms with Crippen LogP contribution < -0.4 is 14.8 Å². The number of fused-ring (bicyclic) bond motifs is 1. The van der Waals surface area contributed by atoms with Crippen molar-refractivity contribution >= 4 is 5.91 Å². The summed E-state index contributed by atoms with van der Waals surface area (Å²) in [5.41, 5.74) is 1.14. The first-order valence-electron chi connectivity index (χ1n) is 9.32. The Kier molecular flexibility index (Phi) is 5.08. The van der Waals surface area contributed by atoms with Gasteiger partial charge in [0.25, 0.3) is 0 Å². The number of likely N-dealkylation sites (tertiary alicyclic amines) is 1. The maximum atomic E-state index is 12.4. The van der Waals surface area contributed by atoms with Gasteiger partial charge < -0.3 is 19.5 Å². The van der Waals surface area contributed by atoms with Gasteiger partial charge >= 0.3 is 0 Å². The number of hydrogen-bond acceptors (Lipinski definition) is 5. The van der Waals surface area contributed by atoms with Crippen molar-refractivity contribution in [3.8, 4) is 11.5 Å². The number of rotatable bonds is 5. The highest BCUT2D eigenvalue weighted by molar-refractivity contribution is 5.78. The van der Waals surface area contributed by atoms with Crippen molar-refractivity contribution in [3.05, 3.63) is 23.8 Å². The molecule has 3 heterocycles. The highest BCUT2D eigenvalue weighted by Gasteiger charge is 2.31. The van der Waals surface area contributed by atoms with E-state index in [2.05, 4.69) is 16.3 Å². The SMILES string of the molecule is O=C(CN1CCC[C@H]1c1cccc2c1OCCO2)NC[C@@H]1CCCO1. The molecule has 0 spiro atoms. The van der Waals surface area contributed by atoms with Gasteiger partial charge in [0, 0.05) is 24.8 Å². The van der Waals surface area contributed by atoms with Gasteiger partial charge in [-0.2, -0.15) is 0 Å². The number of carbonyl (C=O) groups excluding carboxylic acids is 1. The summed E-state index contributed by atoms with van der Waals surface area (Å²) in [4.78, 5) is 14.6. The fraction of sp³-hybridized carbons (Fsp3) is 0.632. The number of nitrogens with one attached hydrogen (secondary N) is 1. The van der Waals surface area contributed by atoms with Crippen LogP contribution in [-0.2, 0) is 9.53 Å². The first-order valence-corrected chi connectivity index (χ1v) is 9.32. The van der Waals surface area contributed by atoms with Gasteiger partial charge in [-0.3, -0.25) is 9.69 Å². The van der Waals surface area contributed by atoms with E-state index >= 15 is 0 Å². The summed E-state index contributed by atoms with van der Waals surface area (Å²) in [6, 6.07) is 6.27. The standard InChI is InChI=1S/C19H26N2O4/c22-18(20-12-14-4-3-9-23-14)13-21-8-2-6-16(21)15-5-1-7-17-19(15)25-11-10-24-17/h1,5,7,14,16H,2-4,6,8-13H2,(H,20,22)/t14-,16-/m0/s1. The van der Waals surface area contributed by atoms with Gasteiger partial charge in [0.05, 0.1) is 12.6 Å². The minimum Gasteiger partial charge on any atom is -0.486 e. The quantitative estimate of drug-likeness (QED) is 0.882. The van der Waals surface area contributed by atoms with Crippen LogP contribution >= 0.6 is 0 Å². The molecule has 2 saturated heterocycles. The molecule has 0 unspecified atom stereocenters. The van der Waals surface area contributed by atoms with Gasteiger partial charge in [0.2, 0.25) is 5.91 Å². The summed E-state index contributed by atoms with van der Waals surface area (Å²) in [5, 5.41) is 3.02. The molecule has 6 nitrogen and oxygen atoms in total. The number of benzene rings is 1. The van der Waals surface area contributed by atoms with Gasteiger partial charge in [-0.15, -0.1) is 0 Å². The molecular formula is C19H26N2O4. The van der Waals surface area contributed by atoms with Crippen LogP contribution in [0.4, 0.5) is 0 Å². The number of nitrogens with zero attached hydrogens (tertiary/aromatic N) is 1. The highest BCUT2D eigenvalue weighted by Crippen LogP contribution is 2.42. The first-order chi connectivity index (χ1) is 12.3. The van der Waals surface area contributed by atoms with Crippen LogP contribution in [0.5, 0.6) is 11.5 Å². The predicted molar refractivity (Wildman–Crippen MR) is 93.0 cm³/mol. The third-order valence-corrected chi connectivity index (χ3v) is 5.22. The van der Waals surface area contributed by atoms with Crippen molar-refractivity contribution in [2.75, 3.05) is 39.5 Å². The Morgan fingerprint density at radius 1 is 1.16 bits per heavy atom. The number of para-hydroxylation sites is 1. The molecule has 6 heteroatoms. The molecule has 1 N–H and O–H groups in total. The molecular weight excluding hydrogens is 320 g/mol. The molecule has 0 saturated carbocycles. The van der Waals surface area contributed by atoms with Crippen molar-refractivity contribution in [1.82, 2.24) is 10.2 Å². The van der Waals surface area contributed by atoms with Gasteiger partial charge in [0.1, 0.15) is 13.2 Å². The number of carbonyl (C=O) groups is 1. The fourth-order valence-electron chi connectivity index (χ4n) is 4.00. The van der Waals surface area contributed by atoms with Crippen LogP contribution in [0.15, 0.2) is 18.2 Å². The lowest BCUT2D eigenvalue weighted by molar-refractivity contribution is -0.123. The Bertz CT molecular complexity index is 615. The molecule has 3 aliphatic heterocycles. The molecule has 25 heavy (non-hydrogen) atoms. The zero-order valence-corrected chi connectivity index (χ0v) is 14.5. The first kappa shape index (κ1) is 16.7. The van der Waals surface area contributed by atoms with E-state index < -0.39 is 0 Å². The Morgan fingerprint density at radius 3 is 2.96 bits per heavy atom. The fourth-order valence-corrected chi connectivity index (χ4v) is 4.00. The smallest absolute Gasteiger partial charge is 0.234 e. The second kappa shape index (κ2) is 7.62. The van der Waals surface area contributed by atoms with Gasteiger partial charge in [-0.05, 0) is 38.3 Å². The zero-order valence-electron chi connectivity index (χ0n) is 14.5. The molecule has 1 amide bonds. The van der Waals surface area contributed by atoms with Crippen molar-refractivity contribution in [1.29, 1.82) is 0 Å². The Hall–Kier alpha value is -1.79. The van der Waals surface area contributed by atoms with E-state index in [4.69, 9.17) is 14.2 Å². The largest absolute Gasteiger partial charge is 0.486 e. The highest BCUT2D eigenvalue weighted by atomic mass is 16.6. The van der Waals surface area contributed by atoms with Gasteiger partial charge in [0.15, 0.2) is 11.5 Å². The molecule has 136 valence electrons. The lowest BCUT2D eigenvalue weighted by atomic mass is 10.0. The minimum atomic E-state index is 0.0735. The molecule has 3 aliphatic rings. The second-order valence-corrected chi connectivity index (χ2v) is 6.94. The number of amides is 1. The Morgan fingerprint density at radius 2 is 2.08 bits per heavy atom. The summed E-state index contributed by atoms with van der Waals surface area (Å²) in [7, 11) is 0. The van der Waals surface area contributed by atoms with Gasteiger partial charge in [-0.1, -0.05) is 12.1 Å². The van der Waals surface area contributed by atoms with Crippen molar-refractivity contribution in [2.24, 2.45) is 0 Å². The molecule has 0 radical (unpaired) electrons. The lowest BCUT2D eigenvalue weighted by Crippen LogP contribution is -2.40. The summed E-state index contributed by atoms with van der Waals surface area (Å²) >= 11 is 0. The third-order valence-electron chi connectivity index (χ3n) is 5.22. The molecule has 0 bridgehead atoms. The average molecular weight is 346 g/mol. The minimum absolute atomic E-state index is 0.0735. The van der Waals surface area contributed by atoms with E-state index in [0.29, 0.717) is 26.3 Å². The van der Waals surface area contributed by atoms with E-state index in [1.165, 1.54) is 0 Å². The third kappa shape index (κ3) is 3.75. The summed E-state index contributed by atoms with van der Waals surface area (Å²) in [5.74, 6) is 1.74. The van der Waals surface area contributed by atoms with E-state index in [0.717, 1.165) is 55.9 Å². The Balaban J connectivity index is 1.39. The maximum Gasteiger partial charge on any atom is 0.234 e. The van der Waals surface area contributed by atoms with Crippen molar-refractivity contribution in [2.45, 2.75) is 37.8 Å². The number of ether oxygens (including phenoxy) is 3. The molecule has 2 fully saturated rings. The summed E-state index contributed by atoms with van der Waals surface area (Å²) in [6.45, 7) is 3.96. The van der Waals surface area contributed by atoms with Crippen LogP contribution in [0.3, 0.4) is 0 Å². The molecule has 2 atom stereocenters. The molecule has 0 aliphatic carbocycles. The summed E-state index contributed by atoms with van der Waals surface area (Å²) in [6.07, 6.45) is 4.45. The normalized spacial score (nSPS) is 25.9. The van der Waals surface area contributed by atoms with Crippen LogP contribution in [-0.4, -0.2) is 56.4 Å². The van der Waals surface area contributed by atoms with E-state index in [1.54, 1.807) is 0 Å². The number of hydrogen-bond donors (Lipinski definition) is 1.